The summed E-state index contributed by atoms with van der Waals surface area (Å²) in [4.78, 5) is 13.4. The molecule has 4 rings (SSSR count). The zero-order valence-electron chi connectivity index (χ0n) is 13.2. The third-order valence-electron chi connectivity index (χ3n) is 4.04. The average Bonchev–Trinajstić information content (AvgIpc) is 3.23. The number of carbonyl (C=O) groups is 1. The predicted octanol–water partition coefficient (Wildman–Crippen LogP) is 2.51. The Morgan fingerprint density at radius 3 is 2.88 bits per heavy atom. The highest BCUT2D eigenvalue weighted by atomic mass is 32.1. The molecule has 0 unspecified atom stereocenters. The van der Waals surface area contributed by atoms with Crippen LogP contribution in [0.2, 0.25) is 0 Å². The number of fused-ring (bicyclic) bond motifs is 1. The van der Waals surface area contributed by atoms with Crippen molar-refractivity contribution in [2.24, 2.45) is 0 Å². The Kier molecular flexibility index (Phi) is 3.53. The van der Waals surface area contributed by atoms with E-state index in [0.29, 0.717) is 23.9 Å². The lowest BCUT2D eigenvalue weighted by molar-refractivity contribution is -0.116. The summed E-state index contributed by atoms with van der Waals surface area (Å²) in [5.41, 5.74) is 1.91. The van der Waals surface area contributed by atoms with Crippen LogP contribution in [0.3, 0.4) is 0 Å². The molecule has 0 saturated carbocycles. The van der Waals surface area contributed by atoms with Gasteiger partial charge in [-0.2, -0.15) is 9.78 Å². The number of hydrogen-bond donors (Lipinski definition) is 1. The smallest absolute Gasteiger partial charge is 0.233 e. The molecule has 0 fully saturated rings. The summed E-state index contributed by atoms with van der Waals surface area (Å²) in [6.07, 6.45) is 0.425. The van der Waals surface area contributed by atoms with Crippen molar-refractivity contribution in [2.45, 2.75) is 19.3 Å². The van der Waals surface area contributed by atoms with Crippen LogP contribution < -0.4 is 10.1 Å². The van der Waals surface area contributed by atoms with Gasteiger partial charge < -0.3 is 10.1 Å². The van der Waals surface area contributed by atoms with Gasteiger partial charge in [0.2, 0.25) is 11.8 Å². The van der Waals surface area contributed by atoms with Crippen LogP contribution in [0.1, 0.15) is 28.5 Å². The lowest BCUT2D eigenvalue weighted by Crippen LogP contribution is -2.24. The number of thiophene rings is 1. The summed E-state index contributed by atoms with van der Waals surface area (Å²) < 4.78 is 6.67. The first-order chi connectivity index (χ1) is 11.7. The van der Waals surface area contributed by atoms with Crippen LogP contribution in [0.5, 0.6) is 5.88 Å². The zero-order valence-corrected chi connectivity index (χ0v) is 14.0. The Morgan fingerprint density at radius 2 is 2.21 bits per heavy atom. The Morgan fingerprint density at radius 1 is 1.33 bits per heavy atom. The van der Waals surface area contributed by atoms with E-state index in [2.05, 4.69) is 26.7 Å². The van der Waals surface area contributed by atoms with Gasteiger partial charge in [0.15, 0.2) is 5.82 Å². The van der Waals surface area contributed by atoms with Crippen LogP contribution in [-0.2, 0) is 4.79 Å². The van der Waals surface area contributed by atoms with Gasteiger partial charge >= 0.3 is 0 Å². The number of carbonyl (C=O) groups excluding carboxylic acids is 1. The van der Waals surface area contributed by atoms with Gasteiger partial charge in [-0.15, -0.1) is 21.5 Å². The first-order valence-corrected chi connectivity index (χ1v) is 8.36. The van der Waals surface area contributed by atoms with E-state index in [1.807, 2.05) is 18.4 Å². The summed E-state index contributed by atoms with van der Waals surface area (Å²) in [5.74, 6) is 1.63. The predicted molar refractivity (Wildman–Crippen MR) is 89.9 cm³/mol. The molecule has 7 nitrogen and oxygen atoms in total. The summed E-state index contributed by atoms with van der Waals surface area (Å²) in [5, 5.41) is 17.6. The highest BCUT2D eigenvalue weighted by Crippen LogP contribution is 2.41. The van der Waals surface area contributed by atoms with Crippen molar-refractivity contribution in [3.63, 3.8) is 0 Å². The van der Waals surface area contributed by atoms with Crippen molar-refractivity contribution in [3.05, 3.63) is 45.8 Å². The second-order valence-electron chi connectivity index (χ2n) is 5.51. The van der Waals surface area contributed by atoms with Crippen molar-refractivity contribution >= 4 is 23.1 Å². The molecule has 0 spiro atoms. The first-order valence-electron chi connectivity index (χ1n) is 7.48. The number of aromatic nitrogens is 4. The maximum atomic E-state index is 12.2. The second-order valence-corrected chi connectivity index (χ2v) is 6.49. The van der Waals surface area contributed by atoms with Crippen LogP contribution in [-0.4, -0.2) is 33.0 Å². The molecule has 1 aliphatic heterocycles. The van der Waals surface area contributed by atoms with Crippen molar-refractivity contribution in [1.82, 2.24) is 20.0 Å². The van der Waals surface area contributed by atoms with E-state index in [-0.39, 0.29) is 11.8 Å². The molecule has 0 saturated heterocycles. The van der Waals surface area contributed by atoms with E-state index in [4.69, 9.17) is 4.74 Å². The quantitative estimate of drug-likeness (QED) is 0.791. The highest BCUT2D eigenvalue weighted by molar-refractivity contribution is 7.10. The fraction of sp³-hybridized carbons (Fsp3) is 0.250. The number of anilines is 1. The number of aryl methyl sites for hydroxylation is 1. The van der Waals surface area contributed by atoms with Gasteiger partial charge in [-0.25, -0.2) is 0 Å². The largest absolute Gasteiger partial charge is 0.480 e. The summed E-state index contributed by atoms with van der Waals surface area (Å²) in [7, 11) is 1.54. The number of ether oxygens (including phenoxy) is 1. The van der Waals surface area contributed by atoms with Gasteiger partial charge in [-0.05, 0) is 24.4 Å². The lowest BCUT2D eigenvalue weighted by atomic mass is 9.91. The molecule has 3 aromatic heterocycles. The summed E-state index contributed by atoms with van der Waals surface area (Å²) in [6, 6.07) is 7.54. The normalized spacial score (nSPS) is 16.6. The molecular formula is C16H15N5O2S. The van der Waals surface area contributed by atoms with Crippen molar-refractivity contribution in [2.75, 3.05) is 12.4 Å². The van der Waals surface area contributed by atoms with Gasteiger partial charge in [0.25, 0.3) is 0 Å². The number of rotatable bonds is 3. The van der Waals surface area contributed by atoms with Gasteiger partial charge in [0.1, 0.15) is 5.82 Å². The van der Waals surface area contributed by atoms with Crippen LogP contribution in [0.25, 0.3) is 5.82 Å². The van der Waals surface area contributed by atoms with Crippen LogP contribution in [0.15, 0.2) is 29.6 Å². The molecule has 1 amide bonds. The molecule has 122 valence electrons. The minimum absolute atomic E-state index is 0.0220. The average molecular weight is 341 g/mol. The van der Waals surface area contributed by atoms with Crippen molar-refractivity contribution < 1.29 is 9.53 Å². The first kappa shape index (κ1) is 14.8. The fourth-order valence-electron chi connectivity index (χ4n) is 2.98. The van der Waals surface area contributed by atoms with Gasteiger partial charge in [-0.1, -0.05) is 6.07 Å². The molecule has 1 atom stereocenters. The zero-order chi connectivity index (χ0) is 16.7. The molecule has 3 aromatic rings. The molecular weight excluding hydrogens is 326 g/mol. The summed E-state index contributed by atoms with van der Waals surface area (Å²) >= 11 is 1.65. The number of nitrogens with zero attached hydrogens (tertiary/aromatic N) is 4. The lowest BCUT2D eigenvalue weighted by Gasteiger charge is -2.23. The molecule has 0 radical (unpaired) electrons. The molecule has 1 aliphatic rings. The number of nitrogens with one attached hydrogen (secondary N) is 1. The Bertz CT molecular complexity index is 886. The van der Waals surface area contributed by atoms with E-state index in [0.717, 1.165) is 16.1 Å². The Labute approximate surface area is 142 Å². The van der Waals surface area contributed by atoms with E-state index >= 15 is 0 Å². The molecule has 4 heterocycles. The molecule has 1 N–H and O–H groups in total. The van der Waals surface area contributed by atoms with E-state index in [1.165, 1.54) is 7.11 Å². The molecule has 0 bridgehead atoms. The minimum Gasteiger partial charge on any atom is -0.480 e. The Balaban J connectivity index is 1.84. The van der Waals surface area contributed by atoms with Gasteiger partial charge in [-0.3, -0.25) is 4.79 Å². The number of amides is 1. The maximum Gasteiger partial charge on any atom is 0.233 e. The molecule has 0 aliphatic carbocycles. The van der Waals surface area contributed by atoms with Gasteiger partial charge in [0.05, 0.1) is 12.8 Å². The van der Waals surface area contributed by atoms with E-state index < -0.39 is 0 Å². The van der Waals surface area contributed by atoms with Crippen molar-refractivity contribution in [1.29, 1.82) is 0 Å². The van der Waals surface area contributed by atoms with Gasteiger partial charge in [0, 0.05) is 28.8 Å². The topological polar surface area (TPSA) is 81.9 Å². The van der Waals surface area contributed by atoms with Crippen LogP contribution in [0, 0.1) is 6.92 Å². The number of hydrogen-bond acceptors (Lipinski definition) is 6. The van der Waals surface area contributed by atoms with Crippen LogP contribution >= 0.6 is 11.3 Å². The number of methoxy groups -OCH3 is 1. The highest BCUT2D eigenvalue weighted by Gasteiger charge is 2.33. The molecule has 0 aromatic carbocycles. The third kappa shape index (κ3) is 2.35. The SMILES string of the molecule is COc1ccc(-n2nc(C)c3c2NC(=O)C[C@@H]3c2cccs2)nn1. The van der Waals surface area contributed by atoms with Crippen molar-refractivity contribution in [3.8, 4) is 11.7 Å². The second kappa shape index (κ2) is 5.72. The monoisotopic (exact) mass is 341 g/mol. The minimum atomic E-state index is -0.0245. The van der Waals surface area contributed by atoms with E-state index in [1.54, 1.807) is 28.2 Å². The standard InChI is InChI=1S/C16H15N5O2S/c1-9-15-10(11-4-3-7-24-11)8-13(22)17-16(15)21(20-9)12-5-6-14(23-2)19-18-12/h3-7,10H,8H2,1-2H3,(H,17,22)/t10-/m1/s1. The maximum absolute atomic E-state index is 12.2. The third-order valence-corrected chi connectivity index (χ3v) is 5.03. The van der Waals surface area contributed by atoms with Crippen LogP contribution in [0.4, 0.5) is 5.82 Å². The Hall–Kier alpha value is -2.74. The molecule has 8 heteroatoms. The molecule has 24 heavy (non-hydrogen) atoms. The van der Waals surface area contributed by atoms with E-state index in [9.17, 15) is 4.79 Å². The summed E-state index contributed by atoms with van der Waals surface area (Å²) in [6.45, 7) is 1.95. The fourth-order valence-corrected chi connectivity index (χ4v) is 3.82.